The van der Waals surface area contributed by atoms with E-state index in [0.29, 0.717) is 5.92 Å². The third-order valence-electron chi connectivity index (χ3n) is 5.25. The molecule has 0 spiro atoms. The highest BCUT2D eigenvalue weighted by atomic mass is 15.3. The van der Waals surface area contributed by atoms with Crippen molar-refractivity contribution in [2.24, 2.45) is 4.99 Å². The first-order chi connectivity index (χ1) is 11.2. The zero-order chi connectivity index (χ0) is 17.6. The van der Waals surface area contributed by atoms with E-state index in [1.54, 1.807) is 0 Å². The van der Waals surface area contributed by atoms with Gasteiger partial charge in [0.1, 0.15) is 5.35 Å². The molecule has 1 aromatic carbocycles. The van der Waals surface area contributed by atoms with Crippen molar-refractivity contribution in [1.29, 1.82) is 0 Å². The number of aryl methyl sites for hydroxylation is 2. The van der Waals surface area contributed by atoms with Crippen molar-refractivity contribution in [3.8, 4) is 0 Å². The highest BCUT2D eigenvalue weighted by Gasteiger charge is 2.33. The van der Waals surface area contributed by atoms with E-state index in [0.717, 1.165) is 10.7 Å². The molecule has 0 fully saturated rings. The molecule has 1 aliphatic heterocycles. The van der Waals surface area contributed by atoms with Crippen LogP contribution in [-0.4, -0.2) is 16.9 Å². The van der Waals surface area contributed by atoms with Gasteiger partial charge in [-0.05, 0) is 56.4 Å². The summed E-state index contributed by atoms with van der Waals surface area (Å²) in [5, 5.41) is 1.93. The van der Waals surface area contributed by atoms with Gasteiger partial charge in [-0.2, -0.15) is 0 Å². The minimum absolute atomic E-state index is 0.412. The summed E-state index contributed by atoms with van der Waals surface area (Å²) >= 11 is 0. The molecule has 3 nitrogen and oxygen atoms in total. The number of pyridine rings is 1. The van der Waals surface area contributed by atoms with Gasteiger partial charge in [0.2, 0.25) is 0 Å². The predicted molar refractivity (Wildman–Crippen MR) is 99.3 cm³/mol. The average Bonchev–Trinajstić information content (AvgIpc) is 2.51. The Kier molecular flexibility index (Phi) is 3.98. The largest absolute Gasteiger partial charge is 0.351 e. The summed E-state index contributed by atoms with van der Waals surface area (Å²) in [7, 11) is 2.08. The zero-order valence-corrected chi connectivity index (χ0v) is 15.8. The quantitative estimate of drug-likeness (QED) is 0.849. The number of benzene rings is 1. The molecular formula is C21H27N3. The Bertz CT molecular complexity index is 911. The lowest BCUT2D eigenvalue weighted by Crippen LogP contribution is -2.47. The fourth-order valence-electron chi connectivity index (χ4n) is 3.39. The van der Waals surface area contributed by atoms with E-state index in [4.69, 9.17) is 4.99 Å². The van der Waals surface area contributed by atoms with Gasteiger partial charge in [-0.15, -0.1) is 0 Å². The average molecular weight is 321 g/mol. The van der Waals surface area contributed by atoms with E-state index < -0.39 is 5.66 Å². The fourth-order valence-corrected chi connectivity index (χ4v) is 3.39. The van der Waals surface area contributed by atoms with Crippen LogP contribution in [0.5, 0.6) is 0 Å². The van der Waals surface area contributed by atoms with E-state index >= 15 is 0 Å². The molecule has 24 heavy (non-hydrogen) atoms. The van der Waals surface area contributed by atoms with Crippen LogP contribution in [-0.2, 0) is 5.66 Å². The van der Waals surface area contributed by atoms with E-state index in [-0.39, 0.29) is 0 Å². The normalized spacial score (nSPS) is 19.8. The molecule has 0 radical (unpaired) electrons. The maximum Gasteiger partial charge on any atom is 0.155 e. The van der Waals surface area contributed by atoms with E-state index in [9.17, 15) is 0 Å². The number of hydrogen-bond donors (Lipinski definition) is 0. The van der Waals surface area contributed by atoms with Crippen molar-refractivity contribution in [2.75, 3.05) is 7.05 Å². The molecule has 3 heteroatoms. The summed E-state index contributed by atoms with van der Waals surface area (Å²) < 4.78 is 0. The van der Waals surface area contributed by atoms with Crippen molar-refractivity contribution >= 4 is 6.20 Å². The van der Waals surface area contributed by atoms with Gasteiger partial charge in [-0.1, -0.05) is 31.5 Å². The lowest BCUT2D eigenvalue weighted by atomic mass is 9.90. The number of nitrogens with zero attached hydrogens (tertiary/aromatic N) is 3. The molecule has 0 aliphatic carbocycles. The van der Waals surface area contributed by atoms with Gasteiger partial charge in [0.15, 0.2) is 5.66 Å². The van der Waals surface area contributed by atoms with Crippen LogP contribution in [0.4, 0.5) is 0 Å². The summed E-state index contributed by atoms with van der Waals surface area (Å²) in [5.74, 6) is 0.451. The summed E-state index contributed by atoms with van der Waals surface area (Å²) in [4.78, 5) is 11.9. The molecule has 0 amide bonds. The van der Waals surface area contributed by atoms with Gasteiger partial charge in [0, 0.05) is 25.0 Å². The summed E-state index contributed by atoms with van der Waals surface area (Å²) in [5.41, 5.74) is 5.98. The van der Waals surface area contributed by atoms with Crippen LogP contribution in [0.1, 0.15) is 54.5 Å². The molecule has 2 heterocycles. The van der Waals surface area contributed by atoms with Crippen molar-refractivity contribution in [1.82, 2.24) is 9.88 Å². The van der Waals surface area contributed by atoms with Crippen molar-refractivity contribution in [2.45, 2.75) is 53.1 Å². The van der Waals surface area contributed by atoms with Gasteiger partial charge < -0.3 is 4.90 Å². The Balaban J connectivity index is 2.27. The lowest BCUT2D eigenvalue weighted by molar-refractivity contribution is 0.223. The van der Waals surface area contributed by atoms with Crippen molar-refractivity contribution in [3.63, 3.8) is 0 Å². The van der Waals surface area contributed by atoms with Crippen LogP contribution in [0.2, 0.25) is 0 Å². The fraction of sp³-hybridized carbons (Fsp3) is 0.429. The highest BCUT2D eigenvalue weighted by Crippen LogP contribution is 2.34. The predicted octanol–water partition coefficient (Wildman–Crippen LogP) is 3.31. The first-order valence-electron chi connectivity index (χ1n) is 8.61. The number of aromatic nitrogens is 1. The molecular weight excluding hydrogens is 294 g/mol. The summed E-state index contributed by atoms with van der Waals surface area (Å²) in [6.07, 6.45) is 4.08. The molecule has 2 aromatic rings. The highest BCUT2D eigenvalue weighted by molar-refractivity contribution is 5.43. The maximum absolute atomic E-state index is 5.15. The summed E-state index contributed by atoms with van der Waals surface area (Å²) in [6.45, 7) is 13.1. The second-order valence-electron chi connectivity index (χ2n) is 7.45. The van der Waals surface area contributed by atoms with Crippen LogP contribution < -0.4 is 10.7 Å². The molecule has 0 saturated carbocycles. The molecule has 0 N–H and O–H groups in total. The molecule has 1 unspecified atom stereocenters. The first-order valence-corrected chi connectivity index (χ1v) is 8.61. The minimum atomic E-state index is -0.412. The zero-order valence-electron chi connectivity index (χ0n) is 15.8. The standard InChI is InChI=1S/C21H27N3/c1-13(2)17-10-19-20(22-11-17)12-24(7)21(6,23-19)18-9-14(3)8-15(4)16(18)5/h8-13H,1-7H3. The van der Waals surface area contributed by atoms with Gasteiger partial charge >= 0.3 is 0 Å². The number of hydrogen-bond acceptors (Lipinski definition) is 3. The Morgan fingerprint density at radius 2 is 1.79 bits per heavy atom. The minimum Gasteiger partial charge on any atom is -0.351 e. The Labute approximate surface area is 144 Å². The van der Waals surface area contributed by atoms with Crippen LogP contribution in [0.3, 0.4) is 0 Å². The smallest absolute Gasteiger partial charge is 0.155 e. The van der Waals surface area contributed by atoms with Crippen molar-refractivity contribution < 1.29 is 0 Å². The second kappa shape index (κ2) is 5.73. The van der Waals surface area contributed by atoms with Gasteiger partial charge in [-0.25, -0.2) is 0 Å². The molecule has 0 bridgehead atoms. The lowest BCUT2D eigenvalue weighted by Gasteiger charge is -2.38. The Morgan fingerprint density at radius 3 is 2.46 bits per heavy atom. The second-order valence-corrected chi connectivity index (χ2v) is 7.45. The maximum atomic E-state index is 5.15. The molecule has 0 saturated heterocycles. The molecule has 1 aliphatic rings. The van der Waals surface area contributed by atoms with E-state index in [2.05, 4.69) is 82.9 Å². The monoisotopic (exact) mass is 321 g/mol. The van der Waals surface area contributed by atoms with Gasteiger partial charge in [-0.3, -0.25) is 9.98 Å². The first kappa shape index (κ1) is 16.7. The summed E-state index contributed by atoms with van der Waals surface area (Å²) in [6, 6.07) is 6.69. The topological polar surface area (TPSA) is 28.5 Å². The molecule has 3 rings (SSSR count). The molecule has 1 aromatic heterocycles. The molecule has 1 atom stereocenters. The Hall–Kier alpha value is -2.16. The van der Waals surface area contributed by atoms with Crippen LogP contribution >= 0.6 is 0 Å². The van der Waals surface area contributed by atoms with Crippen molar-refractivity contribution in [3.05, 3.63) is 62.9 Å². The van der Waals surface area contributed by atoms with E-state index in [1.165, 1.54) is 27.8 Å². The third-order valence-corrected chi connectivity index (χ3v) is 5.25. The van der Waals surface area contributed by atoms with Crippen LogP contribution in [0.25, 0.3) is 6.20 Å². The van der Waals surface area contributed by atoms with Gasteiger partial charge in [0.25, 0.3) is 0 Å². The van der Waals surface area contributed by atoms with E-state index in [1.807, 2.05) is 6.20 Å². The number of rotatable bonds is 2. The third kappa shape index (κ3) is 2.62. The molecule has 126 valence electrons. The van der Waals surface area contributed by atoms with Gasteiger partial charge in [0.05, 0.1) is 5.36 Å². The number of fused-ring (bicyclic) bond motifs is 1. The van der Waals surface area contributed by atoms with Crippen LogP contribution in [0, 0.1) is 20.8 Å². The van der Waals surface area contributed by atoms with Crippen LogP contribution in [0.15, 0.2) is 29.4 Å². The SMILES string of the molecule is Cc1cc(C)c(C)c(C2(C)N=c3cc(C(C)C)cnc3=CN2C)c1. The Morgan fingerprint density at radius 1 is 1.08 bits per heavy atom.